The van der Waals surface area contributed by atoms with E-state index in [-0.39, 0.29) is 20.7 Å². The molecule has 2 aliphatic heterocycles. The summed E-state index contributed by atoms with van der Waals surface area (Å²) in [6.07, 6.45) is 2.16. The molecule has 9 heteroatoms. The summed E-state index contributed by atoms with van der Waals surface area (Å²) in [6.45, 7) is 6.81. The van der Waals surface area contributed by atoms with Crippen molar-refractivity contribution in [1.82, 2.24) is 14.9 Å². The molecule has 2 N–H and O–H groups in total. The standard InChI is InChI=1S/C16H21Cl2N3O2S2/c1-9-5-10(17)6-11(18)14(9)25(22,23)20-15-19-12-7-16(2,3)21(4)8-13(12)24-15/h5-7,13,15,19-20H,8H2,1-4H3. The van der Waals surface area contributed by atoms with Gasteiger partial charge in [0.2, 0.25) is 10.0 Å². The molecule has 5 nitrogen and oxygen atoms in total. The highest BCUT2D eigenvalue weighted by atomic mass is 35.5. The van der Waals surface area contributed by atoms with E-state index in [1.54, 1.807) is 24.8 Å². The minimum Gasteiger partial charge on any atom is -0.363 e. The molecule has 2 heterocycles. The molecular weight excluding hydrogens is 401 g/mol. The van der Waals surface area contributed by atoms with Crippen LogP contribution in [0, 0.1) is 6.92 Å². The first-order valence-corrected chi connectivity index (χ1v) is 11.0. The molecule has 3 rings (SSSR count). The van der Waals surface area contributed by atoms with Crippen LogP contribution in [-0.4, -0.2) is 43.2 Å². The molecule has 1 aromatic rings. The SMILES string of the molecule is Cc1cc(Cl)cc(Cl)c1S(=O)(=O)NC1NC2=CC(C)(C)N(C)CC2S1. The van der Waals surface area contributed by atoms with Crippen molar-refractivity contribution in [3.05, 3.63) is 39.5 Å². The van der Waals surface area contributed by atoms with Gasteiger partial charge in [-0.1, -0.05) is 23.2 Å². The number of rotatable bonds is 3. The lowest BCUT2D eigenvalue weighted by atomic mass is 9.96. The number of fused-ring (bicyclic) bond motifs is 1. The van der Waals surface area contributed by atoms with Crippen molar-refractivity contribution in [2.45, 2.75) is 42.0 Å². The maximum Gasteiger partial charge on any atom is 0.244 e. The normalized spacial score (nSPS) is 26.1. The second-order valence-electron chi connectivity index (χ2n) is 6.94. The van der Waals surface area contributed by atoms with E-state index < -0.39 is 15.5 Å². The number of hydrogen-bond acceptors (Lipinski definition) is 5. The smallest absolute Gasteiger partial charge is 0.244 e. The van der Waals surface area contributed by atoms with Gasteiger partial charge in [0, 0.05) is 22.8 Å². The number of aryl methyl sites for hydroxylation is 1. The fourth-order valence-corrected chi connectivity index (χ4v) is 6.94. The average Bonchev–Trinajstić information content (AvgIpc) is 2.76. The summed E-state index contributed by atoms with van der Waals surface area (Å²) in [7, 11) is -1.70. The fourth-order valence-electron chi connectivity index (χ4n) is 3.05. The Balaban J connectivity index is 1.83. The summed E-state index contributed by atoms with van der Waals surface area (Å²) in [5.41, 5.74) is 1.09. The third-order valence-electron chi connectivity index (χ3n) is 4.60. The highest BCUT2D eigenvalue weighted by molar-refractivity contribution is 8.01. The molecule has 0 aliphatic carbocycles. The zero-order valence-corrected chi connectivity index (χ0v) is 17.6. The number of likely N-dealkylation sites (N-methyl/N-ethyl adjacent to an activating group) is 1. The molecule has 2 atom stereocenters. The first-order valence-electron chi connectivity index (χ1n) is 7.83. The summed E-state index contributed by atoms with van der Waals surface area (Å²) >= 11 is 13.6. The van der Waals surface area contributed by atoms with Crippen molar-refractivity contribution in [2.75, 3.05) is 13.6 Å². The van der Waals surface area contributed by atoms with Gasteiger partial charge >= 0.3 is 0 Å². The molecule has 1 saturated heterocycles. The highest BCUT2D eigenvalue weighted by Gasteiger charge is 2.40. The molecule has 25 heavy (non-hydrogen) atoms. The van der Waals surface area contributed by atoms with Crippen LogP contribution in [0.5, 0.6) is 0 Å². The largest absolute Gasteiger partial charge is 0.363 e. The molecule has 2 unspecified atom stereocenters. The first kappa shape index (κ1) is 19.3. The molecule has 0 spiro atoms. The van der Waals surface area contributed by atoms with E-state index in [4.69, 9.17) is 23.2 Å². The summed E-state index contributed by atoms with van der Waals surface area (Å²) in [4.78, 5) is 2.33. The van der Waals surface area contributed by atoms with Crippen LogP contribution >= 0.6 is 35.0 Å². The Hall–Kier alpha value is -0.440. The van der Waals surface area contributed by atoms with Crippen LogP contribution in [0.1, 0.15) is 19.4 Å². The molecule has 138 valence electrons. The van der Waals surface area contributed by atoms with Crippen molar-refractivity contribution in [3.63, 3.8) is 0 Å². The summed E-state index contributed by atoms with van der Waals surface area (Å²) < 4.78 is 28.3. The van der Waals surface area contributed by atoms with Crippen LogP contribution in [-0.2, 0) is 10.0 Å². The molecule has 0 amide bonds. The minimum atomic E-state index is -3.77. The van der Waals surface area contributed by atoms with E-state index in [9.17, 15) is 8.42 Å². The predicted octanol–water partition coefficient (Wildman–Crippen LogP) is 3.18. The number of halogens is 2. The van der Waals surface area contributed by atoms with Gasteiger partial charge in [0.1, 0.15) is 10.4 Å². The van der Waals surface area contributed by atoms with Crippen LogP contribution < -0.4 is 10.0 Å². The van der Waals surface area contributed by atoms with E-state index in [1.807, 2.05) is 0 Å². The van der Waals surface area contributed by atoms with Crippen LogP contribution in [0.25, 0.3) is 0 Å². The number of hydrogen-bond donors (Lipinski definition) is 2. The van der Waals surface area contributed by atoms with Gasteiger partial charge in [0.05, 0.1) is 10.3 Å². The van der Waals surface area contributed by atoms with Crippen LogP contribution in [0.4, 0.5) is 0 Å². The van der Waals surface area contributed by atoms with Crippen LogP contribution in [0.15, 0.2) is 28.8 Å². The summed E-state index contributed by atoms with van der Waals surface area (Å²) in [6, 6.07) is 3.04. The molecule has 0 saturated carbocycles. The molecular formula is C16H21Cl2N3O2S2. The van der Waals surface area contributed by atoms with Gasteiger partial charge in [-0.3, -0.25) is 4.90 Å². The van der Waals surface area contributed by atoms with Crippen molar-refractivity contribution in [1.29, 1.82) is 0 Å². The molecule has 0 bridgehead atoms. The lowest BCUT2D eigenvalue weighted by molar-refractivity contribution is 0.195. The number of thioether (sulfide) groups is 1. The fraction of sp³-hybridized carbons (Fsp3) is 0.500. The number of nitrogens with zero attached hydrogens (tertiary/aromatic N) is 1. The highest BCUT2D eigenvalue weighted by Crippen LogP contribution is 2.37. The maximum absolute atomic E-state index is 12.8. The molecule has 1 aromatic carbocycles. The van der Waals surface area contributed by atoms with Crippen molar-refractivity contribution in [3.8, 4) is 0 Å². The zero-order chi connectivity index (χ0) is 18.6. The lowest BCUT2D eigenvalue weighted by Crippen LogP contribution is -2.47. The van der Waals surface area contributed by atoms with E-state index in [1.165, 1.54) is 6.07 Å². The van der Waals surface area contributed by atoms with Gasteiger partial charge in [-0.2, -0.15) is 4.72 Å². The number of sulfonamides is 1. The van der Waals surface area contributed by atoms with E-state index >= 15 is 0 Å². The van der Waals surface area contributed by atoms with Crippen molar-refractivity contribution >= 4 is 45.0 Å². The Morgan fingerprint density at radius 3 is 2.68 bits per heavy atom. The molecule has 0 radical (unpaired) electrons. The quantitative estimate of drug-likeness (QED) is 0.784. The number of nitrogens with one attached hydrogen (secondary N) is 2. The average molecular weight is 422 g/mol. The van der Waals surface area contributed by atoms with Crippen molar-refractivity contribution < 1.29 is 8.42 Å². The second kappa shape index (κ2) is 6.62. The Labute approximate surface area is 163 Å². The molecule has 2 aliphatic rings. The topological polar surface area (TPSA) is 61.4 Å². The molecule has 1 fully saturated rings. The van der Waals surface area contributed by atoms with Gasteiger partial charge in [0.25, 0.3) is 0 Å². The van der Waals surface area contributed by atoms with Crippen molar-refractivity contribution in [2.24, 2.45) is 0 Å². The summed E-state index contributed by atoms with van der Waals surface area (Å²) in [5.74, 6) is 0. The maximum atomic E-state index is 12.8. The van der Waals surface area contributed by atoms with Gasteiger partial charge < -0.3 is 5.32 Å². The number of benzene rings is 1. The predicted molar refractivity (Wildman–Crippen MR) is 105 cm³/mol. The summed E-state index contributed by atoms with van der Waals surface area (Å²) in [5, 5.41) is 4.03. The Morgan fingerprint density at radius 2 is 2.04 bits per heavy atom. The monoisotopic (exact) mass is 421 g/mol. The van der Waals surface area contributed by atoms with E-state index in [0.717, 1.165) is 12.2 Å². The third-order valence-corrected chi connectivity index (χ3v) is 8.24. The zero-order valence-electron chi connectivity index (χ0n) is 14.4. The first-order chi connectivity index (χ1) is 11.5. The minimum absolute atomic E-state index is 0.0662. The Morgan fingerprint density at radius 1 is 1.36 bits per heavy atom. The second-order valence-corrected chi connectivity index (χ2v) is 10.7. The molecule has 0 aromatic heterocycles. The lowest BCUT2D eigenvalue weighted by Gasteiger charge is -2.39. The Bertz CT molecular complexity index is 817. The van der Waals surface area contributed by atoms with E-state index in [2.05, 4.69) is 41.9 Å². The Kier molecular flexibility index (Phi) is 5.12. The van der Waals surface area contributed by atoms with E-state index in [0.29, 0.717) is 10.6 Å². The van der Waals surface area contributed by atoms with Gasteiger partial charge in [-0.15, -0.1) is 11.8 Å². The van der Waals surface area contributed by atoms with Gasteiger partial charge in [0.15, 0.2) is 0 Å². The van der Waals surface area contributed by atoms with Crippen LogP contribution in [0.3, 0.4) is 0 Å². The van der Waals surface area contributed by atoms with Crippen LogP contribution in [0.2, 0.25) is 10.0 Å². The van der Waals surface area contributed by atoms with Gasteiger partial charge in [-0.05, 0) is 51.6 Å². The third kappa shape index (κ3) is 3.82. The van der Waals surface area contributed by atoms with Gasteiger partial charge in [-0.25, -0.2) is 8.42 Å².